The highest BCUT2D eigenvalue weighted by molar-refractivity contribution is 7.09. The minimum absolute atomic E-state index is 0.112. The first-order valence-corrected chi connectivity index (χ1v) is 7.88. The molecule has 3 rings (SSSR count). The Bertz CT molecular complexity index is 749. The minimum atomic E-state index is 0.112. The van der Waals surface area contributed by atoms with E-state index in [9.17, 15) is 0 Å². The van der Waals surface area contributed by atoms with Crippen molar-refractivity contribution in [2.75, 3.05) is 0 Å². The molecule has 0 unspecified atom stereocenters. The molecule has 1 aromatic carbocycles. The lowest BCUT2D eigenvalue weighted by molar-refractivity contribution is 0.570. The highest BCUT2D eigenvalue weighted by atomic mass is 35.5. The number of thiazole rings is 1. The molecule has 2 heterocycles. The standard InChI is InChI=1S/C16H17ClN2S/c1-16(2,3)14-10-20-15(18-14)9-19-7-6-11-8-12(17)4-5-13(11)19/h4-8,10H,9H2,1-3H3. The molecule has 0 aliphatic heterocycles. The molecule has 0 spiro atoms. The highest BCUT2D eigenvalue weighted by Crippen LogP contribution is 2.26. The van der Waals surface area contributed by atoms with Crippen LogP contribution in [-0.2, 0) is 12.0 Å². The van der Waals surface area contributed by atoms with E-state index >= 15 is 0 Å². The predicted octanol–water partition coefficient (Wildman–Crippen LogP) is 5.10. The summed E-state index contributed by atoms with van der Waals surface area (Å²) < 4.78 is 2.22. The van der Waals surface area contributed by atoms with E-state index in [1.54, 1.807) is 11.3 Å². The van der Waals surface area contributed by atoms with Crippen LogP contribution in [0.4, 0.5) is 0 Å². The Balaban J connectivity index is 1.91. The topological polar surface area (TPSA) is 17.8 Å². The summed E-state index contributed by atoms with van der Waals surface area (Å²) in [6.07, 6.45) is 2.10. The summed E-state index contributed by atoms with van der Waals surface area (Å²) in [4.78, 5) is 4.75. The third-order valence-electron chi connectivity index (χ3n) is 3.36. The van der Waals surface area contributed by atoms with E-state index < -0.39 is 0 Å². The number of hydrogen-bond acceptors (Lipinski definition) is 2. The van der Waals surface area contributed by atoms with Gasteiger partial charge in [-0.3, -0.25) is 0 Å². The molecule has 20 heavy (non-hydrogen) atoms. The van der Waals surface area contributed by atoms with Gasteiger partial charge in [-0.15, -0.1) is 11.3 Å². The quantitative estimate of drug-likeness (QED) is 0.644. The SMILES string of the molecule is CC(C)(C)c1csc(Cn2ccc3cc(Cl)ccc32)n1. The molecule has 0 aliphatic carbocycles. The molecule has 0 amide bonds. The van der Waals surface area contributed by atoms with Crippen LogP contribution in [0.3, 0.4) is 0 Å². The summed E-state index contributed by atoms with van der Waals surface area (Å²) in [7, 11) is 0. The number of nitrogens with zero attached hydrogens (tertiary/aromatic N) is 2. The fraction of sp³-hybridized carbons (Fsp3) is 0.312. The van der Waals surface area contributed by atoms with E-state index in [1.807, 2.05) is 12.1 Å². The second-order valence-corrected chi connectivity index (χ2v) is 7.40. The minimum Gasteiger partial charge on any atom is -0.341 e. The average molecular weight is 305 g/mol. The van der Waals surface area contributed by atoms with Gasteiger partial charge in [-0.25, -0.2) is 4.98 Å². The molecule has 0 aliphatic rings. The molecule has 0 saturated carbocycles. The Morgan fingerprint density at radius 2 is 2.05 bits per heavy atom. The van der Waals surface area contributed by atoms with Crippen molar-refractivity contribution in [2.24, 2.45) is 0 Å². The Morgan fingerprint density at radius 3 is 2.75 bits per heavy atom. The van der Waals surface area contributed by atoms with E-state index in [-0.39, 0.29) is 5.41 Å². The Labute approximate surface area is 128 Å². The zero-order valence-electron chi connectivity index (χ0n) is 11.9. The third kappa shape index (κ3) is 2.60. The van der Waals surface area contributed by atoms with Crippen LogP contribution in [-0.4, -0.2) is 9.55 Å². The van der Waals surface area contributed by atoms with Crippen molar-refractivity contribution in [2.45, 2.75) is 32.7 Å². The first-order valence-electron chi connectivity index (χ1n) is 6.63. The Kier molecular flexibility index (Phi) is 3.35. The van der Waals surface area contributed by atoms with Crippen molar-refractivity contribution in [1.82, 2.24) is 9.55 Å². The summed E-state index contributed by atoms with van der Waals surface area (Å²) in [6, 6.07) is 8.09. The smallest absolute Gasteiger partial charge is 0.113 e. The molecule has 0 radical (unpaired) electrons. The van der Waals surface area contributed by atoms with Crippen LogP contribution >= 0.6 is 22.9 Å². The molecule has 0 atom stereocenters. The van der Waals surface area contributed by atoms with Gasteiger partial charge in [0.15, 0.2) is 0 Å². The van der Waals surface area contributed by atoms with Gasteiger partial charge >= 0.3 is 0 Å². The van der Waals surface area contributed by atoms with Crippen LogP contribution in [0.2, 0.25) is 5.02 Å². The zero-order valence-corrected chi connectivity index (χ0v) is 13.4. The second-order valence-electron chi connectivity index (χ2n) is 6.02. The molecule has 2 nitrogen and oxygen atoms in total. The van der Waals surface area contributed by atoms with Crippen LogP contribution in [0, 0.1) is 0 Å². The van der Waals surface area contributed by atoms with Gasteiger partial charge in [0.25, 0.3) is 0 Å². The number of fused-ring (bicyclic) bond motifs is 1. The van der Waals surface area contributed by atoms with Crippen LogP contribution in [0.1, 0.15) is 31.5 Å². The summed E-state index contributed by atoms with van der Waals surface area (Å²) in [6.45, 7) is 7.39. The van der Waals surface area contributed by atoms with Gasteiger partial charge in [0, 0.05) is 32.9 Å². The lowest BCUT2D eigenvalue weighted by atomic mass is 9.93. The Hall–Kier alpha value is -1.32. The summed E-state index contributed by atoms with van der Waals surface area (Å²) in [5, 5.41) is 5.25. The lowest BCUT2D eigenvalue weighted by Gasteiger charge is -2.14. The van der Waals surface area contributed by atoms with Crippen molar-refractivity contribution in [3.63, 3.8) is 0 Å². The normalized spacial score (nSPS) is 12.2. The molecule has 104 valence electrons. The molecule has 0 bridgehead atoms. The number of halogens is 1. The molecule has 0 N–H and O–H groups in total. The fourth-order valence-corrected chi connectivity index (χ4v) is 3.38. The fourth-order valence-electron chi connectivity index (χ4n) is 2.18. The van der Waals surface area contributed by atoms with Gasteiger partial charge in [-0.2, -0.15) is 0 Å². The maximum atomic E-state index is 6.02. The number of benzene rings is 1. The molecule has 0 saturated heterocycles. The molecule has 3 aromatic rings. The summed E-state index contributed by atoms with van der Waals surface area (Å²) in [5.41, 5.74) is 2.47. The van der Waals surface area contributed by atoms with Gasteiger partial charge in [0.1, 0.15) is 5.01 Å². The van der Waals surface area contributed by atoms with Gasteiger partial charge < -0.3 is 4.57 Å². The van der Waals surface area contributed by atoms with E-state index in [2.05, 4.69) is 49.0 Å². The number of rotatable bonds is 2. The summed E-state index contributed by atoms with van der Waals surface area (Å²) >= 11 is 7.75. The lowest BCUT2D eigenvalue weighted by Crippen LogP contribution is -2.11. The van der Waals surface area contributed by atoms with Gasteiger partial charge in [-0.05, 0) is 24.3 Å². The van der Waals surface area contributed by atoms with Gasteiger partial charge in [-0.1, -0.05) is 32.4 Å². The van der Waals surface area contributed by atoms with Crippen molar-refractivity contribution in [3.05, 3.63) is 51.6 Å². The maximum Gasteiger partial charge on any atom is 0.113 e. The van der Waals surface area contributed by atoms with Crippen molar-refractivity contribution in [1.29, 1.82) is 0 Å². The average Bonchev–Trinajstić information content (AvgIpc) is 2.96. The van der Waals surface area contributed by atoms with Gasteiger partial charge in [0.05, 0.1) is 12.2 Å². The molecule has 0 fully saturated rings. The van der Waals surface area contributed by atoms with Crippen LogP contribution < -0.4 is 0 Å². The zero-order chi connectivity index (χ0) is 14.3. The number of hydrogen-bond donors (Lipinski definition) is 0. The second kappa shape index (κ2) is 4.90. The molecular weight excluding hydrogens is 288 g/mol. The molecular formula is C16H17ClN2S. The van der Waals surface area contributed by atoms with Crippen molar-refractivity contribution >= 4 is 33.8 Å². The van der Waals surface area contributed by atoms with Crippen molar-refractivity contribution < 1.29 is 0 Å². The largest absolute Gasteiger partial charge is 0.341 e. The highest BCUT2D eigenvalue weighted by Gasteiger charge is 2.17. The molecule has 2 aromatic heterocycles. The Morgan fingerprint density at radius 1 is 1.25 bits per heavy atom. The number of aromatic nitrogens is 2. The maximum absolute atomic E-state index is 6.02. The first kappa shape index (κ1) is 13.7. The van der Waals surface area contributed by atoms with Crippen LogP contribution in [0.5, 0.6) is 0 Å². The molecule has 4 heteroatoms. The van der Waals surface area contributed by atoms with Crippen molar-refractivity contribution in [3.8, 4) is 0 Å². The van der Waals surface area contributed by atoms with E-state index in [1.165, 1.54) is 10.9 Å². The predicted molar refractivity (Wildman–Crippen MR) is 86.9 cm³/mol. The van der Waals surface area contributed by atoms with E-state index in [0.717, 1.165) is 22.3 Å². The van der Waals surface area contributed by atoms with Gasteiger partial charge in [0.2, 0.25) is 0 Å². The summed E-state index contributed by atoms with van der Waals surface area (Å²) in [5.74, 6) is 0. The van der Waals surface area contributed by atoms with Crippen LogP contribution in [0.15, 0.2) is 35.8 Å². The monoisotopic (exact) mass is 304 g/mol. The van der Waals surface area contributed by atoms with E-state index in [0.29, 0.717) is 0 Å². The first-order chi connectivity index (χ1) is 9.43. The van der Waals surface area contributed by atoms with Crippen LogP contribution in [0.25, 0.3) is 10.9 Å². The van der Waals surface area contributed by atoms with E-state index in [4.69, 9.17) is 16.6 Å². The third-order valence-corrected chi connectivity index (χ3v) is 4.43.